The Morgan fingerprint density at radius 1 is 1.18 bits per heavy atom. The van der Waals surface area contributed by atoms with E-state index in [9.17, 15) is 13.2 Å². The first-order chi connectivity index (χ1) is 16.2. The molecule has 0 spiro atoms. The van der Waals surface area contributed by atoms with E-state index in [-0.39, 0.29) is 23.7 Å². The molecule has 2 aliphatic rings. The molecule has 9 heteroatoms. The molecule has 2 aliphatic heterocycles. The smallest absolute Gasteiger partial charge is 0.278 e. The van der Waals surface area contributed by atoms with Crippen LogP contribution in [0.15, 0.2) is 58.9 Å². The summed E-state index contributed by atoms with van der Waals surface area (Å²) in [6, 6.07) is 8.87. The fraction of sp³-hybridized carbons (Fsp3) is 0.360. The summed E-state index contributed by atoms with van der Waals surface area (Å²) in [4.78, 5) is 4.10. The topological polar surface area (TPSA) is 31.2 Å². The van der Waals surface area contributed by atoms with E-state index in [2.05, 4.69) is 28.6 Å². The molecule has 0 amide bonds. The van der Waals surface area contributed by atoms with Crippen molar-refractivity contribution in [1.82, 2.24) is 4.90 Å². The third-order valence-corrected chi connectivity index (χ3v) is 6.41. The number of nitrogens with zero attached hydrogens (tertiary/aromatic N) is 4. The molecule has 0 radical (unpaired) electrons. The molecule has 1 saturated heterocycles. The van der Waals surface area contributed by atoms with Gasteiger partial charge in [-0.1, -0.05) is 37.2 Å². The Morgan fingerprint density at radius 3 is 2.59 bits per heavy atom. The Hall–Kier alpha value is -2.71. The van der Waals surface area contributed by atoms with E-state index in [4.69, 9.17) is 11.6 Å². The molecule has 2 heterocycles. The second kappa shape index (κ2) is 10.3. The van der Waals surface area contributed by atoms with Crippen LogP contribution in [-0.4, -0.2) is 42.4 Å². The van der Waals surface area contributed by atoms with E-state index in [1.165, 1.54) is 18.2 Å². The van der Waals surface area contributed by atoms with Gasteiger partial charge in [0.05, 0.1) is 17.3 Å². The van der Waals surface area contributed by atoms with Crippen LogP contribution in [0.5, 0.6) is 0 Å². The third kappa shape index (κ3) is 5.50. The molecule has 0 N–H and O–H groups in total. The van der Waals surface area contributed by atoms with E-state index >= 15 is 4.39 Å². The minimum atomic E-state index is -2.69. The summed E-state index contributed by atoms with van der Waals surface area (Å²) in [5.74, 6) is -0.450. The predicted molar refractivity (Wildman–Crippen MR) is 128 cm³/mol. The zero-order valence-electron chi connectivity index (χ0n) is 18.7. The molecule has 0 aliphatic carbocycles. The van der Waals surface area contributed by atoms with Gasteiger partial charge in [-0.25, -0.2) is 17.6 Å². The summed E-state index contributed by atoms with van der Waals surface area (Å²) in [5, 5.41) is 7.23. The Kier molecular flexibility index (Phi) is 7.38. The number of likely N-dealkylation sites (tertiary alicyclic amines) is 1. The molecule has 34 heavy (non-hydrogen) atoms. The van der Waals surface area contributed by atoms with Gasteiger partial charge in [-0.05, 0) is 43.1 Å². The minimum Gasteiger partial charge on any atom is -0.340 e. The van der Waals surface area contributed by atoms with Crippen molar-refractivity contribution in [3.63, 3.8) is 0 Å². The average Bonchev–Trinajstić information content (AvgIpc) is 3.44. The van der Waals surface area contributed by atoms with Crippen LogP contribution in [0, 0.1) is 17.6 Å². The molecular formula is C25H25ClF4N4. The fourth-order valence-corrected chi connectivity index (χ4v) is 4.40. The van der Waals surface area contributed by atoms with Crippen LogP contribution in [0.2, 0.25) is 5.02 Å². The van der Waals surface area contributed by atoms with Crippen LogP contribution in [0.25, 0.3) is 0 Å². The lowest BCUT2D eigenvalue weighted by Crippen LogP contribution is -2.31. The minimum absolute atomic E-state index is 0.0324. The average molecular weight is 493 g/mol. The Bertz CT molecular complexity index is 1150. The monoisotopic (exact) mass is 492 g/mol. The number of benzene rings is 2. The third-order valence-electron chi connectivity index (χ3n) is 6.13. The fourth-order valence-electron chi connectivity index (χ4n) is 4.22. The molecule has 0 saturated carbocycles. The highest BCUT2D eigenvalue weighted by Gasteiger charge is 2.24. The maximum atomic E-state index is 15.1. The van der Waals surface area contributed by atoms with Gasteiger partial charge in [-0.3, -0.25) is 4.90 Å². The molecule has 1 fully saturated rings. The van der Waals surface area contributed by atoms with Gasteiger partial charge >= 0.3 is 0 Å². The van der Waals surface area contributed by atoms with Crippen molar-refractivity contribution in [3.05, 3.63) is 76.5 Å². The zero-order chi connectivity index (χ0) is 24.4. The van der Waals surface area contributed by atoms with Crippen LogP contribution in [0.1, 0.15) is 30.9 Å². The lowest BCUT2D eigenvalue weighted by atomic mass is 10.0. The number of hydrogen-bond acceptors (Lipinski definition) is 4. The summed E-state index contributed by atoms with van der Waals surface area (Å²) >= 11 is 6.02. The molecule has 1 atom stereocenters. The molecule has 180 valence electrons. The van der Waals surface area contributed by atoms with E-state index < -0.39 is 18.1 Å². The summed E-state index contributed by atoms with van der Waals surface area (Å²) in [6.07, 6.45) is -1.69. The second-order valence-electron chi connectivity index (χ2n) is 8.80. The number of alkyl halides is 2. The van der Waals surface area contributed by atoms with Crippen molar-refractivity contribution in [1.29, 1.82) is 0 Å². The highest BCUT2D eigenvalue weighted by molar-refractivity contribution is 6.31. The molecule has 0 bridgehead atoms. The summed E-state index contributed by atoms with van der Waals surface area (Å²) < 4.78 is 54.6. The number of hydrogen-bond donors (Lipinski definition) is 0. The second-order valence-corrected chi connectivity index (χ2v) is 9.21. The highest BCUT2D eigenvalue weighted by atomic mass is 35.5. The molecule has 1 unspecified atom stereocenters. The van der Waals surface area contributed by atoms with Gasteiger partial charge in [0.15, 0.2) is 0 Å². The number of anilines is 1. The zero-order valence-corrected chi connectivity index (χ0v) is 19.5. The molecule has 4 rings (SSSR count). The van der Waals surface area contributed by atoms with Gasteiger partial charge in [0.1, 0.15) is 17.3 Å². The van der Waals surface area contributed by atoms with E-state index in [0.29, 0.717) is 35.0 Å². The van der Waals surface area contributed by atoms with Gasteiger partial charge < -0.3 is 4.90 Å². The SMILES string of the molecule is C=C(CN1CCC(C)C1)N(Cc1ccc(C2=NN=C(C(F)F)C2)cc1F)c1ccc(F)c(Cl)c1. The lowest BCUT2D eigenvalue weighted by molar-refractivity contribution is 0.224. The number of halogens is 5. The van der Waals surface area contributed by atoms with Crippen molar-refractivity contribution >= 4 is 28.7 Å². The van der Waals surface area contributed by atoms with Crippen molar-refractivity contribution in [2.75, 3.05) is 24.5 Å². The summed E-state index contributed by atoms with van der Waals surface area (Å²) in [7, 11) is 0. The predicted octanol–water partition coefficient (Wildman–Crippen LogP) is 6.29. The normalized spacial score (nSPS) is 18.4. The summed E-state index contributed by atoms with van der Waals surface area (Å²) in [6.45, 7) is 9.05. The quantitative estimate of drug-likeness (QED) is 0.405. The van der Waals surface area contributed by atoms with Crippen molar-refractivity contribution in [3.8, 4) is 0 Å². The maximum Gasteiger partial charge on any atom is 0.278 e. The van der Waals surface area contributed by atoms with Crippen LogP contribution in [-0.2, 0) is 6.54 Å². The van der Waals surface area contributed by atoms with Gasteiger partial charge in [0, 0.05) is 42.0 Å². The molecule has 2 aromatic rings. The van der Waals surface area contributed by atoms with Crippen LogP contribution < -0.4 is 4.90 Å². The van der Waals surface area contributed by atoms with Crippen LogP contribution >= 0.6 is 11.6 Å². The van der Waals surface area contributed by atoms with E-state index in [1.807, 2.05) is 4.90 Å². The lowest BCUT2D eigenvalue weighted by Gasteiger charge is -2.30. The van der Waals surface area contributed by atoms with Crippen molar-refractivity contribution < 1.29 is 17.6 Å². The van der Waals surface area contributed by atoms with Crippen molar-refractivity contribution in [2.24, 2.45) is 16.1 Å². The van der Waals surface area contributed by atoms with E-state index in [0.717, 1.165) is 25.2 Å². The molecule has 0 aromatic heterocycles. The van der Waals surface area contributed by atoms with Gasteiger partial charge in [-0.15, -0.1) is 0 Å². The molecule has 4 nitrogen and oxygen atoms in total. The van der Waals surface area contributed by atoms with E-state index in [1.54, 1.807) is 18.2 Å². The maximum absolute atomic E-state index is 15.1. The standard InChI is InChI=1S/C25H25ClF4N4/c1-15-7-8-33(12-15)13-16(2)34(19-5-6-21(27)20(26)10-19)14-18-4-3-17(9-22(18)28)23-11-24(25(29)30)32-31-23/h3-6,9-10,15,25H,2,7-8,11-14H2,1H3. The van der Waals surface area contributed by atoms with Crippen molar-refractivity contribution in [2.45, 2.75) is 32.7 Å². The van der Waals surface area contributed by atoms with Gasteiger partial charge in [0.25, 0.3) is 6.43 Å². The Labute approximate surface area is 201 Å². The van der Waals surface area contributed by atoms with Crippen LogP contribution in [0.3, 0.4) is 0 Å². The van der Waals surface area contributed by atoms with Gasteiger partial charge in [0.2, 0.25) is 0 Å². The molecular weight excluding hydrogens is 468 g/mol. The highest BCUT2D eigenvalue weighted by Crippen LogP contribution is 2.29. The number of rotatable bonds is 8. The summed E-state index contributed by atoms with van der Waals surface area (Å²) in [5.41, 5.74) is 2.08. The first-order valence-corrected chi connectivity index (χ1v) is 11.4. The molecule has 2 aromatic carbocycles. The van der Waals surface area contributed by atoms with Crippen LogP contribution in [0.4, 0.5) is 23.2 Å². The Morgan fingerprint density at radius 2 is 1.97 bits per heavy atom. The first kappa shape index (κ1) is 24.4. The Balaban J connectivity index is 1.56. The first-order valence-electron chi connectivity index (χ1n) is 11.0. The van der Waals surface area contributed by atoms with Gasteiger partial charge in [-0.2, -0.15) is 10.2 Å². The largest absolute Gasteiger partial charge is 0.340 e.